The number of hydrogen-bond acceptors (Lipinski definition) is 4. The first-order chi connectivity index (χ1) is 14.5. The number of Topliss-reactive ketones (excluding diaryl/α,β-unsaturated/α-hetero) is 1. The first kappa shape index (κ1) is 20.1. The van der Waals surface area contributed by atoms with E-state index >= 15 is 0 Å². The minimum Gasteiger partial charge on any atom is -0.507 e. The molecule has 30 heavy (non-hydrogen) atoms. The third-order valence-corrected chi connectivity index (χ3v) is 6.44. The Morgan fingerprint density at radius 1 is 0.933 bits per heavy atom. The number of ketones is 1. The van der Waals surface area contributed by atoms with Gasteiger partial charge in [-0.2, -0.15) is 0 Å². The molecule has 4 rings (SSSR count). The van der Waals surface area contributed by atoms with E-state index in [-0.39, 0.29) is 11.3 Å². The molecule has 2 heterocycles. The monoisotopic (exact) mass is 417 g/mol. The summed E-state index contributed by atoms with van der Waals surface area (Å²) >= 11 is 1.46. The maximum atomic E-state index is 13.1. The van der Waals surface area contributed by atoms with E-state index in [2.05, 4.69) is 13.8 Å². The molecule has 0 aliphatic carbocycles. The van der Waals surface area contributed by atoms with Crippen LogP contribution in [0.4, 0.5) is 5.69 Å². The highest BCUT2D eigenvalue weighted by Gasteiger charge is 2.47. The smallest absolute Gasteiger partial charge is 0.300 e. The van der Waals surface area contributed by atoms with Gasteiger partial charge in [0.1, 0.15) is 11.8 Å². The van der Waals surface area contributed by atoms with E-state index in [4.69, 9.17) is 0 Å². The Bertz CT molecular complexity index is 1100. The van der Waals surface area contributed by atoms with Gasteiger partial charge in [-0.3, -0.25) is 14.5 Å². The average molecular weight is 418 g/mol. The van der Waals surface area contributed by atoms with Crippen LogP contribution >= 0.6 is 11.3 Å². The van der Waals surface area contributed by atoms with E-state index in [1.54, 1.807) is 12.1 Å². The van der Waals surface area contributed by atoms with Gasteiger partial charge in [0.15, 0.2) is 0 Å². The highest BCUT2D eigenvalue weighted by Crippen LogP contribution is 2.43. The minimum absolute atomic E-state index is 0.131. The van der Waals surface area contributed by atoms with E-state index in [0.29, 0.717) is 11.3 Å². The minimum atomic E-state index is -0.662. The molecule has 1 saturated heterocycles. The Labute approximate surface area is 180 Å². The molecule has 0 radical (unpaired) electrons. The van der Waals surface area contributed by atoms with Crippen molar-refractivity contribution in [1.29, 1.82) is 0 Å². The fraction of sp³-hybridized carbons (Fsp3) is 0.200. The first-order valence-corrected chi connectivity index (χ1v) is 11.0. The Kier molecular flexibility index (Phi) is 5.55. The lowest BCUT2D eigenvalue weighted by atomic mass is 9.99. The van der Waals surface area contributed by atoms with Gasteiger partial charge in [-0.25, -0.2) is 0 Å². The molecule has 2 aromatic carbocycles. The van der Waals surface area contributed by atoms with Gasteiger partial charge in [-0.05, 0) is 47.5 Å². The highest BCUT2D eigenvalue weighted by molar-refractivity contribution is 7.10. The quantitative estimate of drug-likeness (QED) is 0.339. The van der Waals surface area contributed by atoms with Crippen LogP contribution in [0, 0.1) is 0 Å². The van der Waals surface area contributed by atoms with Gasteiger partial charge in [0, 0.05) is 16.1 Å². The SMILES string of the molecule is CCc1ccc(/C(O)=C2/C(=O)C(=O)N(c3ccc(CC)cc3)C2c2cccs2)cc1. The van der Waals surface area contributed by atoms with Crippen molar-refractivity contribution in [2.75, 3.05) is 4.90 Å². The summed E-state index contributed by atoms with van der Waals surface area (Å²) in [6.45, 7) is 4.12. The molecule has 3 aromatic rings. The molecule has 1 N–H and O–H groups in total. The van der Waals surface area contributed by atoms with Crippen LogP contribution in [0.3, 0.4) is 0 Å². The standard InChI is InChI=1S/C25H23NO3S/c1-3-16-7-11-18(12-8-16)23(27)21-22(20-6-5-15-30-20)26(25(29)24(21)28)19-13-9-17(4-2)10-14-19/h5-15,22,27H,3-4H2,1-2H3/b23-21-. The van der Waals surface area contributed by atoms with Gasteiger partial charge in [0.2, 0.25) is 0 Å². The second-order valence-electron chi connectivity index (χ2n) is 7.25. The summed E-state index contributed by atoms with van der Waals surface area (Å²) in [6.07, 6.45) is 1.77. The summed E-state index contributed by atoms with van der Waals surface area (Å²) in [5, 5.41) is 13.0. The number of anilines is 1. The van der Waals surface area contributed by atoms with Crippen LogP contribution in [-0.2, 0) is 22.4 Å². The van der Waals surface area contributed by atoms with Crippen molar-refractivity contribution in [2.24, 2.45) is 0 Å². The second-order valence-corrected chi connectivity index (χ2v) is 8.23. The van der Waals surface area contributed by atoms with Gasteiger partial charge in [-0.15, -0.1) is 11.3 Å². The summed E-state index contributed by atoms with van der Waals surface area (Å²) in [5.74, 6) is -1.42. The van der Waals surface area contributed by atoms with Crippen LogP contribution in [0.5, 0.6) is 0 Å². The van der Waals surface area contributed by atoms with Gasteiger partial charge in [0.25, 0.3) is 11.7 Å². The van der Waals surface area contributed by atoms with E-state index < -0.39 is 17.7 Å². The molecule has 152 valence electrons. The number of aliphatic hydroxyl groups is 1. The lowest BCUT2D eigenvalue weighted by Gasteiger charge is -2.24. The number of aliphatic hydroxyl groups excluding tert-OH is 1. The number of aryl methyl sites for hydroxylation is 2. The molecule has 1 aliphatic heterocycles. The zero-order chi connectivity index (χ0) is 21.3. The van der Waals surface area contributed by atoms with Crippen molar-refractivity contribution < 1.29 is 14.7 Å². The molecular weight excluding hydrogens is 394 g/mol. The lowest BCUT2D eigenvalue weighted by Crippen LogP contribution is -2.29. The molecule has 4 nitrogen and oxygen atoms in total. The molecule has 1 aromatic heterocycles. The molecule has 0 bridgehead atoms. The lowest BCUT2D eigenvalue weighted by molar-refractivity contribution is -0.132. The average Bonchev–Trinajstić information content (AvgIpc) is 3.40. The fourth-order valence-electron chi connectivity index (χ4n) is 3.76. The highest BCUT2D eigenvalue weighted by atomic mass is 32.1. The molecule has 5 heteroatoms. The Morgan fingerprint density at radius 2 is 1.53 bits per heavy atom. The van der Waals surface area contributed by atoms with E-state index in [1.165, 1.54) is 16.2 Å². The molecule has 1 atom stereocenters. The third-order valence-electron chi connectivity index (χ3n) is 5.52. The van der Waals surface area contributed by atoms with Crippen molar-refractivity contribution >= 4 is 34.5 Å². The summed E-state index contributed by atoms with van der Waals surface area (Å²) < 4.78 is 0. The Hall–Kier alpha value is -3.18. The Balaban J connectivity index is 1.86. The van der Waals surface area contributed by atoms with Crippen LogP contribution in [0.1, 0.15) is 41.5 Å². The van der Waals surface area contributed by atoms with Gasteiger partial charge >= 0.3 is 0 Å². The van der Waals surface area contributed by atoms with Crippen LogP contribution in [-0.4, -0.2) is 16.8 Å². The second kappa shape index (κ2) is 8.28. The molecule has 0 spiro atoms. The van der Waals surface area contributed by atoms with Gasteiger partial charge in [0.05, 0.1) is 5.57 Å². The van der Waals surface area contributed by atoms with Gasteiger partial charge in [-0.1, -0.05) is 56.3 Å². The fourth-order valence-corrected chi connectivity index (χ4v) is 4.58. The molecular formula is C25H23NO3S. The number of amides is 1. The number of carbonyl (C=O) groups is 2. The summed E-state index contributed by atoms with van der Waals surface area (Å²) in [5.41, 5.74) is 3.60. The van der Waals surface area contributed by atoms with E-state index in [9.17, 15) is 14.7 Å². The number of nitrogens with zero attached hydrogens (tertiary/aromatic N) is 1. The maximum absolute atomic E-state index is 13.1. The Morgan fingerprint density at radius 3 is 2.07 bits per heavy atom. The third kappa shape index (κ3) is 3.46. The van der Waals surface area contributed by atoms with Crippen molar-refractivity contribution in [3.8, 4) is 0 Å². The summed E-state index contributed by atoms with van der Waals surface area (Å²) in [6, 6.07) is 18.2. The zero-order valence-electron chi connectivity index (χ0n) is 17.0. The molecule has 1 aliphatic rings. The van der Waals surface area contributed by atoms with Crippen molar-refractivity contribution in [1.82, 2.24) is 0 Å². The predicted octanol–water partition coefficient (Wildman–Crippen LogP) is 5.50. The van der Waals surface area contributed by atoms with E-state index in [1.807, 2.05) is 53.9 Å². The number of thiophene rings is 1. The number of hydrogen-bond donors (Lipinski definition) is 1. The predicted molar refractivity (Wildman–Crippen MR) is 121 cm³/mol. The number of carbonyl (C=O) groups excluding carboxylic acids is 2. The molecule has 1 unspecified atom stereocenters. The van der Waals surface area contributed by atoms with Crippen LogP contribution in [0.25, 0.3) is 5.76 Å². The van der Waals surface area contributed by atoms with Crippen LogP contribution in [0.15, 0.2) is 71.6 Å². The number of rotatable bonds is 5. The number of benzene rings is 2. The van der Waals surface area contributed by atoms with E-state index in [0.717, 1.165) is 28.8 Å². The van der Waals surface area contributed by atoms with Crippen molar-refractivity contribution in [3.05, 3.63) is 93.2 Å². The maximum Gasteiger partial charge on any atom is 0.300 e. The molecule has 0 saturated carbocycles. The summed E-state index contributed by atoms with van der Waals surface area (Å²) in [7, 11) is 0. The largest absolute Gasteiger partial charge is 0.507 e. The van der Waals surface area contributed by atoms with Crippen LogP contribution < -0.4 is 4.90 Å². The van der Waals surface area contributed by atoms with Crippen molar-refractivity contribution in [3.63, 3.8) is 0 Å². The van der Waals surface area contributed by atoms with Gasteiger partial charge < -0.3 is 5.11 Å². The molecule has 1 fully saturated rings. The summed E-state index contributed by atoms with van der Waals surface area (Å²) in [4.78, 5) is 28.4. The topological polar surface area (TPSA) is 57.6 Å². The normalized spacial score (nSPS) is 18.2. The first-order valence-electron chi connectivity index (χ1n) is 10.1. The van der Waals surface area contributed by atoms with Crippen LogP contribution in [0.2, 0.25) is 0 Å². The zero-order valence-corrected chi connectivity index (χ0v) is 17.8. The van der Waals surface area contributed by atoms with Crippen molar-refractivity contribution in [2.45, 2.75) is 32.7 Å². The molecule has 1 amide bonds.